The van der Waals surface area contributed by atoms with Crippen molar-refractivity contribution in [2.75, 3.05) is 26.4 Å². The Labute approximate surface area is 521 Å². The van der Waals surface area contributed by atoms with Crippen LogP contribution in [0.15, 0.2) is 48.6 Å². The molecule has 2 unspecified atom stereocenters. The molecule has 0 heterocycles. The van der Waals surface area contributed by atoms with Crippen LogP contribution in [0.25, 0.3) is 0 Å². The van der Waals surface area contributed by atoms with Crippen molar-refractivity contribution < 1.29 is 37.6 Å². The van der Waals surface area contributed by atoms with E-state index in [9.17, 15) is 19.0 Å². The topological polar surface area (TPSA) is 134 Å². The Balaban J connectivity index is 3.78. The SMILES string of the molecule is CC/C=C\C/C=C\C/C=C\C/C=C\CCCCCCCCCCCCCCCCC(=O)OC(COC(=O)CCCCCCCCCCCCCCCCCCCCCCCCCCCCCCCCCCCCCC)COP(=O)(O)OCCN. The molecule has 84 heavy (non-hydrogen) atoms. The molecule has 0 saturated carbocycles. The van der Waals surface area contributed by atoms with Gasteiger partial charge < -0.3 is 20.1 Å². The molecule has 494 valence electrons. The van der Waals surface area contributed by atoms with Gasteiger partial charge in [-0.1, -0.05) is 364 Å². The number of carbonyl (C=O) groups is 2. The quantitative estimate of drug-likeness (QED) is 0.0264. The van der Waals surface area contributed by atoms with Gasteiger partial charge in [-0.3, -0.25) is 18.6 Å². The Morgan fingerprint density at radius 2 is 0.655 bits per heavy atom. The lowest BCUT2D eigenvalue weighted by Crippen LogP contribution is -2.29. The van der Waals surface area contributed by atoms with Crippen LogP contribution in [0.2, 0.25) is 0 Å². The lowest BCUT2D eigenvalue weighted by Gasteiger charge is -2.19. The molecule has 0 aromatic carbocycles. The first-order valence-corrected chi connectivity index (χ1v) is 38.1. The molecular formula is C74H140NO8P. The van der Waals surface area contributed by atoms with E-state index in [1.165, 1.54) is 283 Å². The van der Waals surface area contributed by atoms with Crippen molar-refractivity contribution in [1.29, 1.82) is 0 Å². The average Bonchev–Trinajstić information content (AvgIpc) is 3.58. The molecule has 9 nitrogen and oxygen atoms in total. The first kappa shape index (κ1) is 82.0. The zero-order valence-electron chi connectivity index (χ0n) is 55.7. The second kappa shape index (κ2) is 70.1. The van der Waals surface area contributed by atoms with Gasteiger partial charge in [-0.2, -0.15) is 0 Å². The predicted octanol–water partition coefficient (Wildman–Crippen LogP) is 24.0. The molecule has 0 rings (SSSR count). The summed E-state index contributed by atoms with van der Waals surface area (Å²) < 4.78 is 33.2. The lowest BCUT2D eigenvalue weighted by molar-refractivity contribution is -0.161. The van der Waals surface area contributed by atoms with Crippen molar-refractivity contribution in [1.82, 2.24) is 0 Å². The van der Waals surface area contributed by atoms with Crippen LogP contribution in [0.1, 0.15) is 380 Å². The fraction of sp³-hybridized carbons (Fsp3) is 0.865. The van der Waals surface area contributed by atoms with Gasteiger partial charge in [0.1, 0.15) is 6.61 Å². The highest BCUT2D eigenvalue weighted by Gasteiger charge is 2.26. The summed E-state index contributed by atoms with van der Waals surface area (Å²) in [5, 5.41) is 0. The number of carbonyl (C=O) groups excluding carboxylic acids is 2. The molecule has 0 fully saturated rings. The maximum Gasteiger partial charge on any atom is 0.472 e. The number of phosphoric acid groups is 1. The molecule has 0 aliphatic heterocycles. The fourth-order valence-electron chi connectivity index (χ4n) is 11.1. The van der Waals surface area contributed by atoms with Crippen LogP contribution in [0.4, 0.5) is 0 Å². The van der Waals surface area contributed by atoms with Crippen LogP contribution in [-0.4, -0.2) is 49.3 Å². The largest absolute Gasteiger partial charge is 0.472 e. The molecular weight excluding hydrogens is 1060 g/mol. The number of nitrogens with two attached hydrogens (primary N) is 1. The van der Waals surface area contributed by atoms with E-state index in [0.29, 0.717) is 6.42 Å². The van der Waals surface area contributed by atoms with Gasteiger partial charge in [0.05, 0.1) is 13.2 Å². The summed E-state index contributed by atoms with van der Waals surface area (Å²) in [5.41, 5.74) is 5.41. The van der Waals surface area contributed by atoms with Crippen LogP contribution < -0.4 is 5.73 Å². The third-order valence-corrected chi connectivity index (χ3v) is 17.5. The Bertz CT molecular complexity index is 1520. The second-order valence-electron chi connectivity index (χ2n) is 24.8. The van der Waals surface area contributed by atoms with Crippen molar-refractivity contribution >= 4 is 19.8 Å². The molecule has 0 spiro atoms. The zero-order valence-corrected chi connectivity index (χ0v) is 56.6. The number of hydrogen-bond acceptors (Lipinski definition) is 8. The highest BCUT2D eigenvalue weighted by Crippen LogP contribution is 2.43. The number of phosphoric ester groups is 1. The summed E-state index contributed by atoms with van der Waals surface area (Å²) >= 11 is 0. The number of esters is 2. The van der Waals surface area contributed by atoms with Gasteiger partial charge >= 0.3 is 19.8 Å². The van der Waals surface area contributed by atoms with Crippen molar-refractivity contribution in [2.24, 2.45) is 5.73 Å². The number of rotatable bonds is 70. The number of hydrogen-bond donors (Lipinski definition) is 2. The first-order chi connectivity index (χ1) is 41.3. The summed E-state index contributed by atoms with van der Waals surface area (Å²) in [6.07, 6.45) is 89.5. The molecule has 0 aliphatic rings. The van der Waals surface area contributed by atoms with E-state index in [1.807, 2.05) is 0 Å². The van der Waals surface area contributed by atoms with Crippen LogP contribution in [0.5, 0.6) is 0 Å². The number of ether oxygens (including phenoxy) is 2. The average molecular weight is 1200 g/mol. The molecule has 0 bridgehead atoms. The Hall–Kier alpha value is -2.03. The molecule has 2 atom stereocenters. The van der Waals surface area contributed by atoms with Gasteiger partial charge in [-0.15, -0.1) is 0 Å². The van der Waals surface area contributed by atoms with E-state index in [-0.39, 0.29) is 38.6 Å². The standard InChI is InChI=1S/C74H140NO8P/c1-3-5-7-9-11-13-15-17-19-21-23-25-27-29-31-32-33-34-35-36-37-38-39-41-42-44-46-48-50-52-54-56-58-60-62-64-66-73(76)80-70-72(71-82-84(78,79)81-69-68-75)83-74(77)67-65-63-61-59-57-55-53-51-49-47-45-43-40-30-28-26-24-22-20-18-16-14-12-10-8-6-4-2/h6,8,12,14,18,20,24,26,72H,3-5,7,9-11,13,15-17,19,21-23,25,27-71,75H2,1-2H3,(H,78,79)/b8-6-,14-12-,20-18-,26-24-. The van der Waals surface area contributed by atoms with Gasteiger partial charge in [-0.05, 0) is 51.4 Å². The van der Waals surface area contributed by atoms with Gasteiger partial charge in [-0.25, -0.2) is 4.57 Å². The Morgan fingerprint density at radius 3 is 0.976 bits per heavy atom. The van der Waals surface area contributed by atoms with E-state index in [2.05, 4.69) is 62.5 Å². The summed E-state index contributed by atoms with van der Waals surface area (Å²) in [4.78, 5) is 35.4. The van der Waals surface area contributed by atoms with Crippen molar-refractivity contribution in [3.05, 3.63) is 48.6 Å². The molecule has 0 amide bonds. The van der Waals surface area contributed by atoms with E-state index in [1.54, 1.807) is 0 Å². The van der Waals surface area contributed by atoms with E-state index < -0.39 is 26.5 Å². The maximum absolute atomic E-state index is 12.8. The summed E-state index contributed by atoms with van der Waals surface area (Å²) in [7, 11) is -4.39. The lowest BCUT2D eigenvalue weighted by atomic mass is 10.0. The normalized spacial score (nSPS) is 13.1. The molecule has 0 aliphatic carbocycles. The van der Waals surface area contributed by atoms with Crippen LogP contribution in [0.3, 0.4) is 0 Å². The Morgan fingerprint density at radius 1 is 0.369 bits per heavy atom. The molecule has 0 saturated heterocycles. The molecule has 3 N–H and O–H groups in total. The minimum Gasteiger partial charge on any atom is -0.462 e. The van der Waals surface area contributed by atoms with E-state index in [4.69, 9.17) is 24.3 Å². The zero-order chi connectivity index (χ0) is 60.9. The fourth-order valence-corrected chi connectivity index (χ4v) is 11.9. The Kier molecular flexibility index (Phi) is 68.4. The second-order valence-corrected chi connectivity index (χ2v) is 26.2. The third kappa shape index (κ3) is 69.1. The number of allylic oxidation sites excluding steroid dienone is 8. The number of unbranched alkanes of at least 4 members (excludes halogenated alkanes) is 49. The molecule has 10 heteroatoms. The van der Waals surface area contributed by atoms with Crippen molar-refractivity contribution in [2.45, 2.75) is 386 Å². The maximum atomic E-state index is 12.8. The van der Waals surface area contributed by atoms with E-state index in [0.717, 1.165) is 64.2 Å². The highest BCUT2D eigenvalue weighted by molar-refractivity contribution is 7.47. The van der Waals surface area contributed by atoms with Crippen molar-refractivity contribution in [3.63, 3.8) is 0 Å². The van der Waals surface area contributed by atoms with Gasteiger partial charge in [0.15, 0.2) is 6.10 Å². The summed E-state index contributed by atoms with van der Waals surface area (Å²) in [5.74, 6) is -0.809. The minimum atomic E-state index is -4.39. The van der Waals surface area contributed by atoms with Crippen LogP contribution in [-0.2, 0) is 32.7 Å². The highest BCUT2D eigenvalue weighted by atomic mass is 31.2. The predicted molar refractivity (Wildman–Crippen MR) is 363 cm³/mol. The summed E-state index contributed by atoms with van der Waals surface area (Å²) in [6, 6.07) is 0. The third-order valence-electron chi connectivity index (χ3n) is 16.5. The molecule has 0 aromatic heterocycles. The summed E-state index contributed by atoms with van der Waals surface area (Å²) in [6.45, 7) is 3.70. The van der Waals surface area contributed by atoms with Crippen LogP contribution in [0, 0.1) is 0 Å². The van der Waals surface area contributed by atoms with E-state index >= 15 is 0 Å². The van der Waals surface area contributed by atoms with Gasteiger partial charge in [0.25, 0.3) is 0 Å². The minimum absolute atomic E-state index is 0.0546. The van der Waals surface area contributed by atoms with Gasteiger partial charge in [0.2, 0.25) is 0 Å². The smallest absolute Gasteiger partial charge is 0.462 e. The van der Waals surface area contributed by atoms with Crippen molar-refractivity contribution in [3.8, 4) is 0 Å². The molecule has 0 aromatic rings. The van der Waals surface area contributed by atoms with Crippen LogP contribution >= 0.6 is 7.82 Å². The monoisotopic (exact) mass is 1200 g/mol. The first-order valence-electron chi connectivity index (χ1n) is 36.6. The van der Waals surface area contributed by atoms with Gasteiger partial charge in [0, 0.05) is 19.4 Å². The molecule has 0 radical (unpaired) electrons.